The lowest BCUT2D eigenvalue weighted by Crippen LogP contribution is -2.56. The van der Waals surface area contributed by atoms with Gasteiger partial charge in [-0.05, 0) is 30.5 Å². The second-order valence-electron chi connectivity index (χ2n) is 6.44. The van der Waals surface area contributed by atoms with Crippen molar-refractivity contribution in [3.05, 3.63) is 35.6 Å². The normalized spacial score (nSPS) is 20.0. The highest BCUT2D eigenvalue weighted by Gasteiger charge is 2.36. The topological polar surface area (TPSA) is 57.2 Å². The smallest absolute Gasteiger partial charge is 0.242 e. The van der Waals surface area contributed by atoms with E-state index in [9.17, 15) is 9.18 Å². The number of piperazine rings is 1. The van der Waals surface area contributed by atoms with E-state index in [1.165, 1.54) is 12.1 Å². The molecule has 1 atom stereocenters. The van der Waals surface area contributed by atoms with Gasteiger partial charge in [0.25, 0.3) is 0 Å². The van der Waals surface area contributed by atoms with Gasteiger partial charge >= 0.3 is 0 Å². The van der Waals surface area contributed by atoms with Crippen molar-refractivity contribution < 1.29 is 13.9 Å². The maximum absolute atomic E-state index is 13.1. The van der Waals surface area contributed by atoms with Gasteiger partial charge in [-0.3, -0.25) is 9.79 Å². The molecule has 1 aliphatic heterocycles. The minimum Gasteiger partial charge on any atom is -0.375 e. The van der Waals surface area contributed by atoms with E-state index in [0.717, 1.165) is 31.5 Å². The molecule has 0 aromatic heterocycles. The molecular formula is C18H25FN4O2. The molecule has 2 aliphatic rings. The summed E-state index contributed by atoms with van der Waals surface area (Å²) in [5.74, 6) is 0.584. The van der Waals surface area contributed by atoms with Gasteiger partial charge in [0.1, 0.15) is 5.82 Å². The summed E-state index contributed by atoms with van der Waals surface area (Å²) in [6.45, 7) is 2.36. The molecular weight excluding hydrogens is 323 g/mol. The molecule has 7 heteroatoms. The van der Waals surface area contributed by atoms with E-state index in [1.54, 1.807) is 26.3 Å². The molecule has 1 N–H and O–H groups in total. The lowest BCUT2D eigenvalue weighted by atomic mass is 10.1. The minimum atomic E-state index is -0.269. The van der Waals surface area contributed by atoms with Crippen molar-refractivity contribution in [1.82, 2.24) is 15.1 Å². The molecule has 1 heterocycles. The maximum atomic E-state index is 13.1. The number of hydrogen-bond donors (Lipinski definition) is 1. The van der Waals surface area contributed by atoms with Crippen LogP contribution >= 0.6 is 0 Å². The first kappa shape index (κ1) is 17.7. The fourth-order valence-electron chi connectivity index (χ4n) is 3.17. The van der Waals surface area contributed by atoms with Crippen LogP contribution in [0.3, 0.4) is 0 Å². The van der Waals surface area contributed by atoms with Crippen molar-refractivity contribution in [1.29, 1.82) is 0 Å². The number of carbonyl (C=O) groups excluding carboxylic acids is 1. The fourth-order valence-corrected chi connectivity index (χ4v) is 3.17. The molecule has 3 rings (SSSR count). The van der Waals surface area contributed by atoms with Crippen LogP contribution in [0, 0.1) is 5.82 Å². The number of aliphatic imine (C=N–C) groups is 1. The van der Waals surface area contributed by atoms with E-state index in [0.29, 0.717) is 25.1 Å². The van der Waals surface area contributed by atoms with Crippen LogP contribution in [0.1, 0.15) is 24.5 Å². The lowest BCUT2D eigenvalue weighted by Gasteiger charge is -2.36. The lowest BCUT2D eigenvalue weighted by molar-refractivity contribution is -0.135. The zero-order valence-corrected chi connectivity index (χ0v) is 14.7. The van der Waals surface area contributed by atoms with E-state index in [-0.39, 0.29) is 17.8 Å². The molecule has 1 saturated carbocycles. The van der Waals surface area contributed by atoms with Gasteiger partial charge in [-0.1, -0.05) is 12.1 Å². The highest BCUT2D eigenvalue weighted by atomic mass is 19.1. The molecule has 1 saturated heterocycles. The Balaban J connectivity index is 1.56. The number of guanidine groups is 1. The summed E-state index contributed by atoms with van der Waals surface area (Å²) in [5, 5.41) is 3.27. The zero-order valence-electron chi connectivity index (χ0n) is 14.7. The van der Waals surface area contributed by atoms with Gasteiger partial charge in [0.05, 0.1) is 12.6 Å². The predicted molar refractivity (Wildman–Crippen MR) is 93.8 cm³/mol. The first-order chi connectivity index (χ1) is 12.1. The summed E-state index contributed by atoms with van der Waals surface area (Å²) < 4.78 is 18.6. The number of hydrogen-bond acceptors (Lipinski definition) is 3. The molecule has 1 unspecified atom stereocenters. The molecule has 0 spiro atoms. The Morgan fingerprint density at radius 3 is 2.64 bits per heavy atom. The summed E-state index contributed by atoms with van der Waals surface area (Å²) in [5.41, 5.74) is 0.890. The standard InChI is InChI=1S/C18H25FN4O2/c1-20-18(22-9-10-23(15-7-8-15)17(24)12-22)21-11-16(25-2)13-3-5-14(19)6-4-13/h3-6,15-16H,7-12H2,1-2H3,(H,20,21). The van der Waals surface area contributed by atoms with E-state index < -0.39 is 0 Å². The first-order valence-corrected chi connectivity index (χ1v) is 8.65. The van der Waals surface area contributed by atoms with E-state index >= 15 is 0 Å². The molecule has 25 heavy (non-hydrogen) atoms. The van der Waals surface area contributed by atoms with Gasteiger partial charge in [-0.15, -0.1) is 0 Å². The van der Waals surface area contributed by atoms with Gasteiger partial charge in [0.2, 0.25) is 5.91 Å². The summed E-state index contributed by atoms with van der Waals surface area (Å²) in [4.78, 5) is 20.5. The zero-order chi connectivity index (χ0) is 17.8. The van der Waals surface area contributed by atoms with E-state index in [4.69, 9.17) is 4.74 Å². The molecule has 0 bridgehead atoms. The number of nitrogens with zero attached hydrogens (tertiary/aromatic N) is 3. The Hall–Kier alpha value is -2.15. The number of benzene rings is 1. The Kier molecular flexibility index (Phi) is 5.53. The van der Waals surface area contributed by atoms with Crippen LogP contribution in [-0.4, -0.2) is 68.0 Å². The number of rotatable bonds is 5. The molecule has 136 valence electrons. The third-order valence-corrected chi connectivity index (χ3v) is 4.73. The van der Waals surface area contributed by atoms with Crippen molar-refractivity contribution >= 4 is 11.9 Å². The number of amides is 1. The Morgan fingerprint density at radius 2 is 2.08 bits per heavy atom. The van der Waals surface area contributed by atoms with Crippen molar-refractivity contribution in [2.75, 3.05) is 40.3 Å². The summed E-state index contributed by atoms with van der Waals surface area (Å²) >= 11 is 0. The highest BCUT2D eigenvalue weighted by molar-refractivity contribution is 5.88. The average Bonchev–Trinajstić information content (AvgIpc) is 3.45. The quantitative estimate of drug-likeness (QED) is 0.645. The molecule has 1 aliphatic carbocycles. The molecule has 1 aromatic carbocycles. The van der Waals surface area contributed by atoms with Gasteiger partial charge < -0.3 is 19.9 Å². The Labute approximate surface area is 147 Å². The second kappa shape index (κ2) is 7.82. The van der Waals surface area contributed by atoms with Crippen LogP contribution < -0.4 is 5.32 Å². The number of ether oxygens (including phenoxy) is 1. The number of halogens is 1. The second-order valence-corrected chi connectivity index (χ2v) is 6.44. The first-order valence-electron chi connectivity index (χ1n) is 8.65. The molecule has 1 amide bonds. The summed E-state index contributed by atoms with van der Waals surface area (Å²) in [7, 11) is 3.33. The molecule has 1 aromatic rings. The van der Waals surface area contributed by atoms with Crippen LogP contribution in [-0.2, 0) is 9.53 Å². The van der Waals surface area contributed by atoms with Crippen LogP contribution in [0.15, 0.2) is 29.3 Å². The van der Waals surface area contributed by atoms with Gasteiger partial charge in [0.15, 0.2) is 5.96 Å². The molecule has 6 nitrogen and oxygen atoms in total. The number of methoxy groups -OCH3 is 1. The Bertz CT molecular complexity index is 630. The third kappa shape index (κ3) is 4.28. The highest BCUT2D eigenvalue weighted by Crippen LogP contribution is 2.28. The molecule has 2 fully saturated rings. The minimum absolute atomic E-state index is 0.165. The van der Waals surface area contributed by atoms with Crippen LogP contribution in [0.4, 0.5) is 4.39 Å². The Morgan fingerprint density at radius 1 is 1.36 bits per heavy atom. The monoisotopic (exact) mass is 348 g/mol. The number of nitrogens with one attached hydrogen (secondary N) is 1. The van der Waals surface area contributed by atoms with Crippen LogP contribution in [0.2, 0.25) is 0 Å². The molecule has 0 radical (unpaired) electrons. The predicted octanol–water partition coefficient (Wildman–Crippen LogP) is 1.40. The van der Waals surface area contributed by atoms with Crippen LogP contribution in [0.5, 0.6) is 0 Å². The summed E-state index contributed by atoms with van der Waals surface area (Å²) in [6.07, 6.45) is 2.04. The van der Waals surface area contributed by atoms with Crippen LogP contribution in [0.25, 0.3) is 0 Å². The van der Waals surface area contributed by atoms with E-state index in [1.807, 2.05) is 9.80 Å². The third-order valence-electron chi connectivity index (χ3n) is 4.73. The van der Waals surface area contributed by atoms with Crippen molar-refractivity contribution in [3.8, 4) is 0 Å². The van der Waals surface area contributed by atoms with E-state index in [2.05, 4.69) is 10.3 Å². The average molecular weight is 348 g/mol. The largest absolute Gasteiger partial charge is 0.375 e. The van der Waals surface area contributed by atoms with Gasteiger partial charge in [-0.25, -0.2) is 4.39 Å². The van der Waals surface area contributed by atoms with Crippen molar-refractivity contribution in [2.45, 2.75) is 25.0 Å². The van der Waals surface area contributed by atoms with Crippen molar-refractivity contribution in [2.24, 2.45) is 4.99 Å². The number of carbonyl (C=O) groups is 1. The van der Waals surface area contributed by atoms with Crippen molar-refractivity contribution in [3.63, 3.8) is 0 Å². The van der Waals surface area contributed by atoms with Gasteiger partial charge in [-0.2, -0.15) is 0 Å². The van der Waals surface area contributed by atoms with Gasteiger partial charge in [0, 0.05) is 39.8 Å². The maximum Gasteiger partial charge on any atom is 0.242 e. The summed E-state index contributed by atoms with van der Waals surface area (Å²) in [6, 6.07) is 6.73. The SMILES string of the molecule is CN=C(NCC(OC)c1ccc(F)cc1)N1CCN(C2CC2)C(=O)C1. The fraction of sp³-hybridized carbons (Fsp3) is 0.556.